The number of carbonyl (C=O) groups excluding carboxylic acids is 2. The second-order valence-corrected chi connectivity index (χ2v) is 4.78. The molecule has 0 aliphatic carbocycles. The molecule has 3 N–H and O–H groups in total. The predicted molar refractivity (Wildman–Crippen MR) is 88.5 cm³/mol. The highest BCUT2D eigenvalue weighted by molar-refractivity contribution is 6.31. The summed E-state index contributed by atoms with van der Waals surface area (Å²) in [7, 11) is 1.77. The molecular formula is C14H21Cl2N3O2. The minimum atomic E-state index is -0.215. The first kappa shape index (κ1) is 19.7. The highest BCUT2D eigenvalue weighted by atomic mass is 35.5. The average molecular weight is 334 g/mol. The number of anilines is 1. The van der Waals surface area contributed by atoms with E-state index >= 15 is 0 Å². The van der Waals surface area contributed by atoms with Crippen LogP contribution in [0, 0.1) is 0 Å². The molecule has 0 aliphatic heterocycles. The molecule has 0 aliphatic rings. The molecule has 0 atom stereocenters. The molecule has 1 rings (SSSR count). The molecule has 0 saturated heterocycles. The highest BCUT2D eigenvalue weighted by Gasteiger charge is 2.13. The van der Waals surface area contributed by atoms with E-state index in [1.807, 2.05) is 6.92 Å². The van der Waals surface area contributed by atoms with Crippen LogP contribution in [0.2, 0.25) is 5.02 Å². The molecule has 5 nitrogen and oxygen atoms in total. The molecule has 0 bridgehead atoms. The van der Waals surface area contributed by atoms with Crippen LogP contribution in [-0.2, 0) is 4.79 Å². The molecule has 0 spiro atoms. The van der Waals surface area contributed by atoms with Crippen LogP contribution >= 0.6 is 24.0 Å². The van der Waals surface area contributed by atoms with E-state index in [0.717, 1.165) is 6.42 Å². The molecule has 0 fully saturated rings. The largest absolute Gasteiger partial charge is 0.352 e. The lowest BCUT2D eigenvalue weighted by Crippen LogP contribution is -2.26. The Kier molecular flexibility index (Phi) is 9.78. The van der Waals surface area contributed by atoms with Gasteiger partial charge in [0, 0.05) is 24.5 Å². The summed E-state index contributed by atoms with van der Waals surface area (Å²) >= 11 is 5.92. The van der Waals surface area contributed by atoms with Crippen LogP contribution in [0.3, 0.4) is 0 Å². The Labute approximate surface area is 136 Å². The van der Waals surface area contributed by atoms with Crippen molar-refractivity contribution in [2.24, 2.45) is 0 Å². The van der Waals surface area contributed by atoms with Crippen LogP contribution in [-0.4, -0.2) is 32.0 Å². The van der Waals surface area contributed by atoms with Crippen LogP contribution < -0.4 is 16.0 Å². The van der Waals surface area contributed by atoms with Gasteiger partial charge in [0.2, 0.25) is 5.91 Å². The smallest absolute Gasteiger partial charge is 0.253 e. The van der Waals surface area contributed by atoms with Gasteiger partial charge in [-0.05, 0) is 31.7 Å². The van der Waals surface area contributed by atoms with Gasteiger partial charge in [-0.2, -0.15) is 0 Å². The van der Waals surface area contributed by atoms with Crippen molar-refractivity contribution in [1.29, 1.82) is 0 Å². The van der Waals surface area contributed by atoms with E-state index in [1.165, 1.54) is 0 Å². The number of nitrogens with one attached hydrogen (secondary N) is 3. The summed E-state index contributed by atoms with van der Waals surface area (Å²) < 4.78 is 0. The highest BCUT2D eigenvalue weighted by Crippen LogP contribution is 2.21. The molecular weight excluding hydrogens is 313 g/mol. The van der Waals surface area contributed by atoms with Crippen LogP contribution in [0.25, 0.3) is 0 Å². The lowest BCUT2D eigenvalue weighted by atomic mass is 10.1. The van der Waals surface area contributed by atoms with E-state index in [1.54, 1.807) is 25.2 Å². The first-order chi connectivity index (χ1) is 9.58. The summed E-state index contributed by atoms with van der Waals surface area (Å²) in [6, 6.07) is 4.83. The number of benzene rings is 1. The standard InChI is InChI=1S/C14H20ClN3O2.ClH/c1-3-7-17-14(20)11-5-4-10(15)9-12(11)18-13(19)6-8-16-2;/h4-5,9,16H,3,6-8H2,1-2H3,(H,17,20)(H,18,19);1H. The molecule has 118 valence electrons. The Morgan fingerprint density at radius 1 is 1.24 bits per heavy atom. The van der Waals surface area contributed by atoms with Gasteiger partial charge in [-0.25, -0.2) is 0 Å². The number of amides is 2. The predicted octanol–water partition coefficient (Wildman–Crippen LogP) is 2.45. The van der Waals surface area contributed by atoms with Gasteiger partial charge < -0.3 is 16.0 Å². The molecule has 0 unspecified atom stereocenters. The third-order valence-electron chi connectivity index (χ3n) is 2.64. The van der Waals surface area contributed by atoms with Crippen LogP contribution in [0.15, 0.2) is 18.2 Å². The zero-order chi connectivity index (χ0) is 15.0. The second kappa shape index (κ2) is 10.4. The summed E-state index contributed by atoms with van der Waals surface area (Å²) in [5, 5.41) is 8.87. The van der Waals surface area contributed by atoms with E-state index in [-0.39, 0.29) is 24.2 Å². The zero-order valence-electron chi connectivity index (χ0n) is 12.2. The normalized spacial score (nSPS) is 9.67. The topological polar surface area (TPSA) is 70.2 Å². The fourth-order valence-corrected chi connectivity index (χ4v) is 1.77. The third kappa shape index (κ3) is 6.80. The van der Waals surface area contributed by atoms with Crippen molar-refractivity contribution < 1.29 is 9.59 Å². The number of carbonyl (C=O) groups is 2. The lowest BCUT2D eigenvalue weighted by molar-refractivity contribution is -0.116. The summed E-state index contributed by atoms with van der Waals surface area (Å²) in [6.45, 7) is 3.14. The lowest BCUT2D eigenvalue weighted by Gasteiger charge is -2.11. The van der Waals surface area contributed by atoms with Gasteiger partial charge in [-0.3, -0.25) is 9.59 Å². The maximum atomic E-state index is 12.0. The fraction of sp³-hybridized carbons (Fsp3) is 0.429. The summed E-state index contributed by atoms with van der Waals surface area (Å²) in [6.07, 6.45) is 1.18. The van der Waals surface area contributed by atoms with Crippen molar-refractivity contribution >= 4 is 41.5 Å². The summed E-state index contributed by atoms with van der Waals surface area (Å²) in [4.78, 5) is 23.8. The molecule has 0 heterocycles. The number of hydrogen-bond donors (Lipinski definition) is 3. The first-order valence-electron chi connectivity index (χ1n) is 6.60. The van der Waals surface area contributed by atoms with Crippen LogP contribution in [0.4, 0.5) is 5.69 Å². The quantitative estimate of drug-likeness (QED) is 0.717. The summed E-state index contributed by atoms with van der Waals surface area (Å²) in [5.41, 5.74) is 0.855. The number of rotatable bonds is 7. The average Bonchev–Trinajstić information content (AvgIpc) is 2.42. The van der Waals surface area contributed by atoms with Gasteiger partial charge >= 0.3 is 0 Å². The van der Waals surface area contributed by atoms with Crippen LogP contribution in [0.1, 0.15) is 30.1 Å². The van der Waals surface area contributed by atoms with Crippen molar-refractivity contribution in [2.75, 3.05) is 25.5 Å². The van der Waals surface area contributed by atoms with Crippen molar-refractivity contribution in [3.63, 3.8) is 0 Å². The maximum absolute atomic E-state index is 12.0. The number of hydrogen-bond acceptors (Lipinski definition) is 3. The molecule has 1 aromatic carbocycles. The SMILES string of the molecule is CCCNC(=O)c1ccc(Cl)cc1NC(=O)CCNC.Cl. The van der Waals surface area contributed by atoms with Crippen molar-refractivity contribution in [3.8, 4) is 0 Å². The summed E-state index contributed by atoms with van der Waals surface area (Å²) in [5.74, 6) is -0.376. The Hall–Kier alpha value is -1.30. The van der Waals surface area contributed by atoms with Gasteiger partial charge in [0.05, 0.1) is 11.3 Å². The monoisotopic (exact) mass is 333 g/mol. The van der Waals surface area contributed by atoms with Crippen molar-refractivity contribution in [1.82, 2.24) is 10.6 Å². The van der Waals surface area contributed by atoms with E-state index in [4.69, 9.17) is 11.6 Å². The minimum absolute atomic E-state index is 0. The fourth-order valence-electron chi connectivity index (χ4n) is 1.60. The van der Waals surface area contributed by atoms with Crippen molar-refractivity contribution in [3.05, 3.63) is 28.8 Å². The molecule has 21 heavy (non-hydrogen) atoms. The van der Waals surface area contributed by atoms with E-state index in [0.29, 0.717) is 35.8 Å². The van der Waals surface area contributed by atoms with Crippen LogP contribution in [0.5, 0.6) is 0 Å². The van der Waals surface area contributed by atoms with Gasteiger partial charge in [0.1, 0.15) is 0 Å². The Morgan fingerprint density at radius 3 is 2.57 bits per heavy atom. The second-order valence-electron chi connectivity index (χ2n) is 4.35. The van der Waals surface area contributed by atoms with Gasteiger partial charge in [0.25, 0.3) is 5.91 Å². The van der Waals surface area contributed by atoms with E-state index in [9.17, 15) is 9.59 Å². The maximum Gasteiger partial charge on any atom is 0.253 e. The first-order valence-corrected chi connectivity index (χ1v) is 6.98. The van der Waals surface area contributed by atoms with Gasteiger partial charge in [-0.15, -0.1) is 12.4 Å². The minimum Gasteiger partial charge on any atom is -0.352 e. The van der Waals surface area contributed by atoms with Crippen molar-refractivity contribution in [2.45, 2.75) is 19.8 Å². The molecule has 0 aromatic heterocycles. The Balaban J connectivity index is 0.00000400. The molecule has 0 radical (unpaired) electrons. The molecule has 0 saturated carbocycles. The Morgan fingerprint density at radius 2 is 1.95 bits per heavy atom. The van der Waals surface area contributed by atoms with Gasteiger partial charge in [-0.1, -0.05) is 18.5 Å². The molecule has 2 amide bonds. The van der Waals surface area contributed by atoms with E-state index < -0.39 is 0 Å². The molecule has 1 aromatic rings. The third-order valence-corrected chi connectivity index (χ3v) is 2.87. The number of halogens is 2. The molecule has 7 heteroatoms. The zero-order valence-corrected chi connectivity index (χ0v) is 13.7. The van der Waals surface area contributed by atoms with Gasteiger partial charge in [0.15, 0.2) is 0 Å². The van der Waals surface area contributed by atoms with E-state index in [2.05, 4.69) is 16.0 Å². The Bertz CT molecular complexity index is 481.